The summed E-state index contributed by atoms with van der Waals surface area (Å²) >= 11 is 0. The molecule has 1 aromatic carbocycles. The van der Waals surface area contributed by atoms with Crippen molar-refractivity contribution >= 4 is 12.6 Å². The molecule has 0 radical (unpaired) electrons. The summed E-state index contributed by atoms with van der Waals surface area (Å²) in [5.41, 5.74) is 1.28. The summed E-state index contributed by atoms with van der Waals surface area (Å²) < 4.78 is 39.8. The molecule has 0 bridgehead atoms. The molecule has 0 aliphatic carbocycles. The number of nitrogens with zero attached hydrogens (tertiary/aromatic N) is 5. The fourth-order valence-corrected chi connectivity index (χ4v) is 5.72. The first-order valence-corrected chi connectivity index (χ1v) is 13.7. The standard InChI is InChI=1S/C28H45BF3N5/c1-10-11-12-27(26(19-33)24-13-15-25(16-14-24)28(30,31)32)29-34(36(20(2)3)21(4)5)17-18-35(29)37(22(6)7)23(8)9/h13-16,20-23H,10-12,17-18H2,1-9H3/b27-26+. The molecule has 37 heavy (non-hydrogen) atoms. The summed E-state index contributed by atoms with van der Waals surface area (Å²) in [4.78, 5) is 4.78. The van der Waals surface area contributed by atoms with Crippen LogP contribution in [0.1, 0.15) is 92.7 Å². The van der Waals surface area contributed by atoms with Crippen molar-refractivity contribution in [2.75, 3.05) is 13.1 Å². The maximum absolute atomic E-state index is 13.3. The SMILES string of the molecule is CCCC/C(B1N(N(C(C)C)C(C)C)CCN1N(C(C)C)C(C)C)=C(/C#N)c1ccc(C(F)(F)F)cc1. The monoisotopic (exact) mass is 519 g/mol. The summed E-state index contributed by atoms with van der Waals surface area (Å²) in [6, 6.07) is 8.45. The second-order valence-electron chi connectivity index (χ2n) is 11.0. The van der Waals surface area contributed by atoms with Gasteiger partial charge in [-0.1, -0.05) is 31.9 Å². The zero-order valence-corrected chi connectivity index (χ0v) is 24.1. The lowest BCUT2D eigenvalue weighted by atomic mass is 9.62. The molecule has 1 fully saturated rings. The molecule has 2 rings (SSSR count). The van der Waals surface area contributed by atoms with Crippen molar-refractivity contribution in [1.82, 2.24) is 19.9 Å². The lowest BCUT2D eigenvalue weighted by Crippen LogP contribution is -2.62. The van der Waals surface area contributed by atoms with Crippen LogP contribution in [0.25, 0.3) is 5.57 Å². The second kappa shape index (κ2) is 13.3. The van der Waals surface area contributed by atoms with E-state index in [0.717, 1.165) is 43.5 Å². The van der Waals surface area contributed by atoms with Crippen LogP contribution in [0.15, 0.2) is 29.7 Å². The predicted molar refractivity (Wildman–Crippen MR) is 147 cm³/mol. The Morgan fingerprint density at radius 1 is 0.892 bits per heavy atom. The van der Waals surface area contributed by atoms with Gasteiger partial charge in [-0.2, -0.15) is 18.4 Å². The van der Waals surface area contributed by atoms with Crippen molar-refractivity contribution in [2.24, 2.45) is 0 Å². The Morgan fingerprint density at radius 2 is 1.32 bits per heavy atom. The Balaban J connectivity index is 2.80. The fraction of sp³-hybridized carbons (Fsp3) is 0.679. The van der Waals surface area contributed by atoms with Gasteiger partial charge in [-0.25, -0.2) is 10.0 Å². The van der Waals surface area contributed by atoms with Crippen LogP contribution in [0.4, 0.5) is 13.2 Å². The lowest BCUT2D eigenvalue weighted by Gasteiger charge is -2.46. The molecule has 5 nitrogen and oxygen atoms in total. The number of rotatable bonds is 11. The zero-order valence-electron chi connectivity index (χ0n) is 24.1. The first-order valence-electron chi connectivity index (χ1n) is 13.7. The molecule has 0 saturated carbocycles. The van der Waals surface area contributed by atoms with Gasteiger partial charge in [0.1, 0.15) is 0 Å². The minimum absolute atomic E-state index is 0.196. The molecular formula is C28H45BF3N5. The number of hydrazine groups is 2. The van der Waals surface area contributed by atoms with E-state index in [1.54, 1.807) is 0 Å². The third-order valence-corrected chi connectivity index (χ3v) is 6.88. The van der Waals surface area contributed by atoms with Crippen LogP contribution < -0.4 is 0 Å². The van der Waals surface area contributed by atoms with E-state index < -0.39 is 11.7 Å². The Morgan fingerprint density at radius 3 is 1.65 bits per heavy atom. The summed E-state index contributed by atoms with van der Waals surface area (Å²) in [5.74, 6) is 0. The molecule has 206 valence electrons. The Bertz CT molecular complexity index is 891. The summed E-state index contributed by atoms with van der Waals surface area (Å²) in [6.07, 6.45) is -1.86. The van der Waals surface area contributed by atoms with E-state index in [0.29, 0.717) is 17.6 Å². The quantitative estimate of drug-likeness (QED) is 0.235. The molecule has 0 unspecified atom stereocenters. The largest absolute Gasteiger partial charge is 0.416 e. The van der Waals surface area contributed by atoms with Gasteiger partial charge in [-0.3, -0.25) is 9.84 Å². The molecule has 0 atom stereocenters. The molecule has 1 aromatic rings. The lowest BCUT2D eigenvalue weighted by molar-refractivity contribution is -0.137. The average molecular weight is 520 g/mol. The molecule has 0 amide bonds. The van der Waals surface area contributed by atoms with Crippen LogP contribution >= 0.6 is 0 Å². The molecule has 0 spiro atoms. The minimum Gasteiger partial charge on any atom is -0.257 e. The zero-order chi connectivity index (χ0) is 28.1. The van der Waals surface area contributed by atoms with E-state index in [2.05, 4.69) is 88.2 Å². The first-order chi connectivity index (χ1) is 17.3. The van der Waals surface area contributed by atoms with Crippen molar-refractivity contribution in [2.45, 2.75) is 112 Å². The first kappa shape index (κ1) is 31.4. The normalized spacial score (nSPS) is 16.7. The van der Waals surface area contributed by atoms with Gasteiger partial charge in [-0.05, 0) is 85.0 Å². The van der Waals surface area contributed by atoms with Gasteiger partial charge in [-0.15, -0.1) is 0 Å². The van der Waals surface area contributed by atoms with E-state index in [4.69, 9.17) is 0 Å². The maximum Gasteiger partial charge on any atom is 0.416 e. The number of allylic oxidation sites excluding steroid dienone is 2. The van der Waals surface area contributed by atoms with Crippen LogP contribution in [0.2, 0.25) is 0 Å². The summed E-state index contributed by atoms with van der Waals surface area (Å²) in [6.45, 7) is 21.0. The van der Waals surface area contributed by atoms with Gasteiger partial charge < -0.3 is 0 Å². The van der Waals surface area contributed by atoms with Crippen LogP contribution in [0.3, 0.4) is 0 Å². The molecular weight excluding hydrogens is 474 g/mol. The van der Waals surface area contributed by atoms with Gasteiger partial charge in [0.25, 0.3) is 0 Å². The van der Waals surface area contributed by atoms with Crippen molar-refractivity contribution in [3.63, 3.8) is 0 Å². The van der Waals surface area contributed by atoms with Crippen molar-refractivity contribution in [3.8, 4) is 6.07 Å². The Kier molecular flexibility index (Phi) is 11.3. The molecule has 1 saturated heterocycles. The van der Waals surface area contributed by atoms with Crippen molar-refractivity contribution in [3.05, 3.63) is 40.9 Å². The maximum atomic E-state index is 13.3. The number of benzene rings is 1. The highest BCUT2D eigenvalue weighted by Crippen LogP contribution is 2.35. The number of nitriles is 1. The molecule has 9 heteroatoms. The van der Waals surface area contributed by atoms with Crippen molar-refractivity contribution < 1.29 is 13.2 Å². The van der Waals surface area contributed by atoms with Crippen LogP contribution in [-0.2, 0) is 6.18 Å². The highest BCUT2D eigenvalue weighted by Gasteiger charge is 2.47. The van der Waals surface area contributed by atoms with Gasteiger partial charge in [0.05, 0.1) is 17.2 Å². The van der Waals surface area contributed by atoms with E-state index in [1.165, 1.54) is 12.1 Å². The van der Waals surface area contributed by atoms with E-state index in [-0.39, 0.29) is 31.1 Å². The van der Waals surface area contributed by atoms with E-state index in [1.807, 2.05) is 0 Å². The Labute approximate surface area is 223 Å². The molecule has 0 N–H and O–H groups in total. The minimum atomic E-state index is -4.41. The average Bonchev–Trinajstić information content (AvgIpc) is 3.18. The highest BCUT2D eigenvalue weighted by atomic mass is 19.4. The number of hydrogen-bond acceptors (Lipinski definition) is 5. The predicted octanol–water partition coefficient (Wildman–Crippen LogP) is 6.89. The third kappa shape index (κ3) is 7.38. The number of alkyl halides is 3. The van der Waals surface area contributed by atoms with Crippen LogP contribution in [0.5, 0.6) is 0 Å². The topological polar surface area (TPSA) is 36.8 Å². The molecule has 1 aliphatic rings. The smallest absolute Gasteiger partial charge is 0.257 e. The number of halogens is 3. The number of unbranched alkanes of at least 4 members (excludes halogenated alkanes) is 1. The fourth-order valence-electron chi connectivity index (χ4n) is 5.72. The van der Waals surface area contributed by atoms with Gasteiger partial charge in [0, 0.05) is 37.3 Å². The third-order valence-electron chi connectivity index (χ3n) is 6.88. The second-order valence-corrected chi connectivity index (χ2v) is 11.0. The van der Waals surface area contributed by atoms with Gasteiger partial charge in [0.15, 0.2) is 0 Å². The van der Waals surface area contributed by atoms with Crippen LogP contribution in [0, 0.1) is 11.3 Å². The summed E-state index contributed by atoms with van der Waals surface area (Å²) in [7, 11) is 0. The van der Waals surface area contributed by atoms with E-state index in [9.17, 15) is 18.4 Å². The number of hydrogen-bond donors (Lipinski definition) is 0. The molecule has 1 heterocycles. The summed E-state index contributed by atoms with van der Waals surface area (Å²) in [5, 5.41) is 15.2. The van der Waals surface area contributed by atoms with Gasteiger partial charge >= 0.3 is 13.2 Å². The van der Waals surface area contributed by atoms with Crippen molar-refractivity contribution in [1.29, 1.82) is 5.26 Å². The van der Waals surface area contributed by atoms with Crippen LogP contribution in [-0.4, -0.2) is 64.1 Å². The highest BCUT2D eigenvalue weighted by molar-refractivity contribution is 6.63. The Hall–Kier alpha value is -1.86. The van der Waals surface area contributed by atoms with Gasteiger partial charge in [0.2, 0.25) is 0 Å². The van der Waals surface area contributed by atoms with E-state index >= 15 is 0 Å². The molecule has 1 aliphatic heterocycles. The molecule has 0 aromatic heterocycles.